The van der Waals surface area contributed by atoms with Crippen LogP contribution >= 0.6 is 0 Å². The average Bonchev–Trinajstić information content (AvgIpc) is 2.37. The molecule has 1 rings (SSSR count). The first-order chi connectivity index (χ1) is 8.99. The van der Waals surface area contributed by atoms with E-state index in [2.05, 4.69) is 11.9 Å². The Morgan fingerprint density at radius 2 is 2.26 bits per heavy atom. The number of carbonyl (C=O) groups is 2. The molecule has 1 N–H and O–H groups in total. The third-order valence-corrected chi connectivity index (χ3v) is 3.21. The number of carbonyl (C=O) groups excluding carboxylic acids is 2. The normalized spacial score (nSPS) is 21.2. The number of piperazine rings is 1. The fraction of sp³-hybridized carbons (Fsp3) is 0.714. The van der Waals surface area contributed by atoms with Crippen LogP contribution in [-0.2, 0) is 14.3 Å². The molecule has 1 fully saturated rings. The molecule has 0 saturated carbocycles. The average molecular weight is 268 g/mol. The van der Waals surface area contributed by atoms with Crippen LogP contribution in [0.3, 0.4) is 0 Å². The second-order valence-electron chi connectivity index (χ2n) is 5.10. The van der Waals surface area contributed by atoms with Crippen molar-refractivity contribution in [2.45, 2.75) is 39.3 Å². The molecule has 1 heterocycles. The summed E-state index contributed by atoms with van der Waals surface area (Å²) in [6.07, 6.45) is 1.95. The summed E-state index contributed by atoms with van der Waals surface area (Å²) in [5.74, 6) is -0.102. The van der Waals surface area contributed by atoms with Crippen molar-refractivity contribution in [3.63, 3.8) is 0 Å². The maximum Gasteiger partial charge on any atom is 0.252 e. The molecular formula is C14H24N2O3. The standard InChI is InChI=1S/C14H24N2O3/c1-5-6-9-19-11(4)14(18)16-8-7-15-13(17)12(16)10(2)3/h5,10-12H,1,6-9H2,2-4H3,(H,15,17). The van der Waals surface area contributed by atoms with E-state index in [0.29, 0.717) is 26.1 Å². The van der Waals surface area contributed by atoms with Crippen molar-refractivity contribution in [1.29, 1.82) is 0 Å². The van der Waals surface area contributed by atoms with Gasteiger partial charge in [0.25, 0.3) is 5.91 Å². The summed E-state index contributed by atoms with van der Waals surface area (Å²) in [5, 5.41) is 2.80. The summed E-state index contributed by atoms with van der Waals surface area (Å²) >= 11 is 0. The highest BCUT2D eigenvalue weighted by atomic mass is 16.5. The monoisotopic (exact) mass is 268 g/mol. The van der Waals surface area contributed by atoms with Gasteiger partial charge in [-0.1, -0.05) is 19.9 Å². The molecule has 1 aliphatic rings. The Kier molecular flexibility index (Phi) is 6.02. The summed E-state index contributed by atoms with van der Waals surface area (Å²) in [6.45, 7) is 10.8. The maximum absolute atomic E-state index is 12.3. The number of ether oxygens (including phenoxy) is 1. The summed E-state index contributed by atoms with van der Waals surface area (Å²) in [4.78, 5) is 25.9. The first kappa shape index (κ1) is 15.7. The minimum atomic E-state index is -0.521. The topological polar surface area (TPSA) is 58.6 Å². The lowest BCUT2D eigenvalue weighted by Crippen LogP contribution is -2.60. The Morgan fingerprint density at radius 1 is 1.58 bits per heavy atom. The second kappa shape index (κ2) is 7.28. The predicted octanol–water partition coefficient (Wildman–Crippen LogP) is 0.951. The van der Waals surface area contributed by atoms with Gasteiger partial charge in [-0.15, -0.1) is 6.58 Å². The molecule has 0 aliphatic carbocycles. The van der Waals surface area contributed by atoms with Crippen molar-refractivity contribution in [3.05, 3.63) is 12.7 Å². The van der Waals surface area contributed by atoms with Crippen LogP contribution in [0.25, 0.3) is 0 Å². The third kappa shape index (κ3) is 4.06. The Labute approximate surface area is 115 Å². The number of hydrogen-bond acceptors (Lipinski definition) is 3. The van der Waals surface area contributed by atoms with E-state index in [1.54, 1.807) is 17.9 Å². The van der Waals surface area contributed by atoms with Crippen molar-refractivity contribution < 1.29 is 14.3 Å². The van der Waals surface area contributed by atoms with E-state index in [-0.39, 0.29) is 17.7 Å². The third-order valence-electron chi connectivity index (χ3n) is 3.21. The van der Waals surface area contributed by atoms with E-state index >= 15 is 0 Å². The zero-order chi connectivity index (χ0) is 14.4. The predicted molar refractivity (Wildman–Crippen MR) is 73.6 cm³/mol. The van der Waals surface area contributed by atoms with Crippen LogP contribution in [0.1, 0.15) is 27.2 Å². The molecule has 0 aromatic rings. The molecule has 1 saturated heterocycles. The lowest BCUT2D eigenvalue weighted by Gasteiger charge is -2.38. The molecule has 0 aromatic heterocycles. The molecule has 2 atom stereocenters. The second-order valence-corrected chi connectivity index (χ2v) is 5.10. The number of nitrogens with zero attached hydrogens (tertiary/aromatic N) is 1. The highest BCUT2D eigenvalue weighted by molar-refractivity contribution is 5.90. The van der Waals surface area contributed by atoms with Crippen LogP contribution in [0.5, 0.6) is 0 Å². The van der Waals surface area contributed by atoms with Crippen LogP contribution < -0.4 is 5.32 Å². The highest BCUT2D eigenvalue weighted by Crippen LogP contribution is 2.16. The molecule has 0 radical (unpaired) electrons. The van der Waals surface area contributed by atoms with Gasteiger partial charge in [-0.2, -0.15) is 0 Å². The summed E-state index contributed by atoms with van der Waals surface area (Å²) < 4.78 is 5.47. The molecular weight excluding hydrogens is 244 g/mol. The van der Waals surface area contributed by atoms with Crippen molar-refractivity contribution in [2.24, 2.45) is 5.92 Å². The molecule has 2 amide bonds. The van der Waals surface area contributed by atoms with E-state index < -0.39 is 12.1 Å². The fourth-order valence-electron chi connectivity index (χ4n) is 2.23. The van der Waals surface area contributed by atoms with Crippen LogP contribution in [0.2, 0.25) is 0 Å². The van der Waals surface area contributed by atoms with E-state index in [1.165, 1.54) is 0 Å². The molecule has 1 aliphatic heterocycles. The van der Waals surface area contributed by atoms with Gasteiger partial charge in [-0.3, -0.25) is 9.59 Å². The van der Waals surface area contributed by atoms with Crippen molar-refractivity contribution >= 4 is 11.8 Å². The van der Waals surface area contributed by atoms with Gasteiger partial charge in [0.1, 0.15) is 12.1 Å². The van der Waals surface area contributed by atoms with Crippen molar-refractivity contribution in [1.82, 2.24) is 10.2 Å². The molecule has 0 bridgehead atoms. The van der Waals surface area contributed by atoms with Crippen LogP contribution in [0.4, 0.5) is 0 Å². The zero-order valence-corrected chi connectivity index (χ0v) is 12.0. The highest BCUT2D eigenvalue weighted by Gasteiger charge is 2.36. The van der Waals surface area contributed by atoms with Gasteiger partial charge in [0, 0.05) is 13.1 Å². The molecule has 0 spiro atoms. The van der Waals surface area contributed by atoms with E-state index in [9.17, 15) is 9.59 Å². The van der Waals surface area contributed by atoms with Gasteiger partial charge in [-0.05, 0) is 19.3 Å². The van der Waals surface area contributed by atoms with E-state index in [0.717, 1.165) is 0 Å². The van der Waals surface area contributed by atoms with Gasteiger partial charge >= 0.3 is 0 Å². The molecule has 5 heteroatoms. The Morgan fingerprint density at radius 3 is 2.84 bits per heavy atom. The van der Waals surface area contributed by atoms with E-state index in [1.807, 2.05) is 13.8 Å². The minimum absolute atomic E-state index is 0.0760. The van der Waals surface area contributed by atoms with Gasteiger partial charge < -0.3 is 15.0 Å². The molecule has 19 heavy (non-hydrogen) atoms. The summed E-state index contributed by atoms with van der Waals surface area (Å²) in [5.41, 5.74) is 0. The van der Waals surface area contributed by atoms with Gasteiger partial charge in [0.2, 0.25) is 5.91 Å². The first-order valence-corrected chi connectivity index (χ1v) is 6.79. The van der Waals surface area contributed by atoms with Gasteiger partial charge in [-0.25, -0.2) is 0 Å². The largest absolute Gasteiger partial charge is 0.368 e. The molecule has 0 aromatic carbocycles. The van der Waals surface area contributed by atoms with Gasteiger partial charge in [0.05, 0.1) is 6.61 Å². The molecule has 2 unspecified atom stereocenters. The Balaban J connectivity index is 2.66. The number of amides is 2. The van der Waals surface area contributed by atoms with Crippen LogP contribution in [-0.4, -0.2) is 48.6 Å². The number of nitrogens with one attached hydrogen (secondary N) is 1. The maximum atomic E-state index is 12.3. The SMILES string of the molecule is C=CCCOC(C)C(=O)N1CCNC(=O)C1C(C)C. The van der Waals surface area contributed by atoms with Crippen molar-refractivity contribution in [2.75, 3.05) is 19.7 Å². The minimum Gasteiger partial charge on any atom is -0.368 e. The Hall–Kier alpha value is -1.36. The van der Waals surface area contributed by atoms with Crippen LogP contribution in [0.15, 0.2) is 12.7 Å². The van der Waals surface area contributed by atoms with Gasteiger partial charge in [0.15, 0.2) is 0 Å². The summed E-state index contributed by atoms with van der Waals surface area (Å²) in [6, 6.07) is -0.397. The lowest BCUT2D eigenvalue weighted by atomic mass is 9.99. The first-order valence-electron chi connectivity index (χ1n) is 6.79. The van der Waals surface area contributed by atoms with Crippen LogP contribution in [0, 0.1) is 5.92 Å². The quantitative estimate of drug-likeness (QED) is 0.576. The fourth-order valence-corrected chi connectivity index (χ4v) is 2.23. The zero-order valence-electron chi connectivity index (χ0n) is 12.0. The number of hydrogen-bond donors (Lipinski definition) is 1. The number of rotatable bonds is 6. The smallest absolute Gasteiger partial charge is 0.252 e. The molecule has 5 nitrogen and oxygen atoms in total. The lowest BCUT2D eigenvalue weighted by molar-refractivity contribution is -0.153. The summed E-state index contributed by atoms with van der Waals surface area (Å²) in [7, 11) is 0. The van der Waals surface area contributed by atoms with Crippen molar-refractivity contribution in [3.8, 4) is 0 Å². The van der Waals surface area contributed by atoms with E-state index in [4.69, 9.17) is 4.74 Å². The Bertz CT molecular complexity index is 342. The molecule has 108 valence electrons.